The Bertz CT molecular complexity index is 788. The van der Waals surface area contributed by atoms with Crippen LogP contribution in [0.5, 0.6) is 0 Å². The number of aliphatic hydroxyl groups is 2. The van der Waals surface area contributed by atoms with Crippen molar-refractivity contribution in [3.63, 3.8) is 0 Å². The van der Waals surface area contributed by atoms with E-state index in [-0.39, 0.29) is 23.8 Å². The van der Waals surface area contributed by atoms with Gasteiger partial charge < -0.3 is 14.6 Å². The minimum atomic E-state index is -1.74. The molecule has 0 bridgehead atoms. The average molecular weight is 476 g/mol. The SMILES string of the molecule is CC(C)c1cccc2c1[C@H](N1[C@H](CCCO[Si](C)(C)C(C)(C)C)C[C@@H](CO)C[C@H]1C)[C@H](O)C2. The van der Waals surface area contributed by atoms with Crippen LogP contribution < -0.4 is 0 Å². The predicted molar refractivity (Wildman–Crippen MR) is 140 cm³/mol. The van der Waals surface area contributed by atoms with E-state index in [4.69, 9.17) is 4.43 Å². The second-order valence-electron chi connectivity index (χ2n) is 12.5. The number of aliphatic hydroxyl groups excluding tert-OH is 2. The summed E-state index contributed by atoms with van der Waals surface area (Å²) in [6, 6.07) is 7.37. The van der Waals surface area contributed by atoms with Crippen molar-refractivity contribution in [3.05, 3.63) is 34.9 Å². The fraction of sp³-hybridized carbons (Fsp3) is 0.786. The molecule has 1 aliphatic heterocycles. The first-order valence-corrected chi connectivity index (χ1v) is 16.1. The Morgan fingerprint density at radius 3 is 2.48 bits per heavy atom. The van der Waals surface area contributed by atoms with Gasteiger partial charge in [0.15, 0.2) is 8.32 Å². The van der Waals surface area contributed by atoms with Crippen LogP contribution in [0.1, 0.15) is 95.9 Å². The Morgan fingerprint density at radius 2 is 1.88 bits per heavy atom. The number of nitrogens with zero attached hydrogens (tertiary/aromatic N) is 1. The Labute approximate surface area is 203 Å². The quantitative estimate of drug-likeness (QED) is 0.356. The van der Waals surface area contributed by atoms with Gasteiger partial charge in [-0.25, -0.2) is 0 Å². The van der Waals surface area contributed by atoms with Crippen molar-refractivity contribution in [3.8, 4) is 0 Å². The Kier molecular flexibility index (Phi) is 8.54. The number of likely N-dealkylation sites (tertiary alicyclic amines) is 1. The Morgan fingerprint density at radius 1 is 1.18 bits per heavy atom. The maximum atomic E-state index is 11.3. The maximum absolute atomic E-state index is 11.3. The fourth-order valence-corrected chi connectivity index (χ4v) is 6.99. The number of rotatable bonds is 8. The van der Waals surface area contributed by atoms with Crippen LogP contribution in [-0.2, 0) is 10.8 Å². The summed E-state index contributed by atoms with van der Waals surface area (Å²) < 4.78 is 6.48. The van der Waals surface area contributed by atoms with Crippen LogP contribution in [0.4, 0.5) is 0 Å². The smallest absolute Gasteiger partial charge is 0.191 e. The summed E-state index contributed by atoms with van der Waals surface area (Å²) >= 11 is 0. The number of piperidine rings is 1. The number of hydrogen-bond acceptors (Lipinski definition) is 4. The molecule has 33 heavy (non-hydrogen) atoms. The predicted octanol–water partition coefficient (Wildman–Crippen LogP) is 6.03. The normalized spacial score (nSPS) is 29.0. The first-order valence-electron chi connectivity index (χ1n) is 13.2. The van der Waals surface area contributed by atoms with Crippen molar-refractivity contribution < 1.29 is 14.6 Å². The summed E-state index contributed by atoms with van der Waals surface area (Å²) in [4.78, 5) is 2.63. The summed E-state index contributed by atoms with van der Waals surface area (Å²) in [5, 5.41) is 21.5. The molecule has 0 amide bonds. The van der Waals surface area contributed by atoms with Gasteiger partial charge in [-0.15, -0.1) is 0 Å². The second-order valence-corrected chi connectivity index (χ2v) is 17.3. The summed E-state index contributed by atoms with van der Waals surface area (Å²) in [6.07, 6.45) is 4.46. The fourth-order valence-electron chi connectivity index (χ4n) is 5.90. The Balaban J connectivity index is 1.81. The zero-order valence-corrected chi connectivity index (χ0v) is 23.4. The van der Waals surface area contributed by atoms with Gasteiger partial charge in [-0.05, 0) is 79.3 Å². The van der Waals surface area contributed by atoms with E-state index in [1.54, 1.807) is 0 Å². The molecule has 1 fully saturated rings. The molecular weight excluding hydrogens is 426 g/mol. The van der Waals surface area contributed by atoms with Gasteiger partial charge in [0.2, 0.25) is 0 Å². The van der Waals surface area contributed by atoms with Crippen molar-refractivity contribution in [2.75, 3.05) is 13.2 Å². The third-order valence-corrected chi connectivity index (χ3v) is 13.2. The van der Waals surface area contributed by atoms with Crippen molar-refractivity contribution >= 4 is 8.32 Å². The Hall–Kier alpha value is -0.723. The highest BCUT2D eigenvalue weighted by atomic mass is 28.4. The zero-order valence-electron chi connectivity index (χ0n) is 22.4. The van der Waals surface area contributed by atoms with Crippen molar-refractivity contribution in [2.24, 2.45) is 5.92 Å². The lowest BCUT2D eigenvalue weighted by Gasteiger charge is -2.48. The standard InChI is InChI=1S/C28H49NO3Si/c1-19(2)24-13-9-11-22-17-25(31)27(26(22)24)29-20(3)15-21(18-30)16-23(29)12-10-14-32-33(7,8)28(4,5)6/h9,11,13,19-21,23,25,27,30-31H,10,12,14-18H2,1-8H3/t20-,21+,23-,25-,27-/m1/s1. The lowest BCUT2D eigenvalue weighted by molar-refractivity contribution is -0.0399. The number of benzene rings is 1. The molecule has 0 aromatic heterocycles. The van der Waals surface area contributed by atoms with Gasteiger partial charge in [0.05, 0.1) is 12.1 Å². The van der Waals surface area contributed by atoms with Crippen LogP contribution in [0.15, 0.2) is 18.2 Å². The van der Waals surface area contributed by atoms with E-state index in [0.717, 1.165) is 38.7 Å². The minimum Gasteiger partial charge on any atom is -0.417 e. The molecule has 0 radical (unpaired) electrons. The van der Waals surface area contributed by atoms with Crippen LogP contribution in [0.25, 0.3) is 0 Å². The highest BCUT2D eigenvalue weighted by Gasteiger charge is 2.45. The lowest BCUT2D eigenvalue weighted by Crippen LogP contribution is -2.52. The van der Waals surface area contributed by atoms with Crippen LogP contribution in [0, 0.1) is 5.92 Å². The van der Waals surface area contributed by atoms with Crippen molar-refractivity contribution in [1.82, 2.24) is 4.90 Å². The molecule has 0 unspecified atom stereocenters. The van der Waals surface area contributed by atoms with Gasteiger partial charge in [0.1, 0.15) is 0 Å². The van der Waals surface area contributed by atoms with E-state index in [9.17, 15) is 10.2 Å². The molecule has 1 aromatic rings. The molecule has 5 heteroatoms. The molecule has 1 aromatic carbocycles. The summed E-state index contributed by atoms with van der Waals surface area (Å²) in [6.45, 7) is 19.4. The van der Waals surface area contributed by atoms with Gasteiger partial charge >= 0.3 is 0 Å². The molecule has 0 saturated carbocycles. The topological polar surface area (TPSA) is 52.9 Å². The molecule has 2 aliphatic rings. The maximum Gasteiger partial charge on any atom is 0.191 e. The van der Waals surface area contributed by atoms with Crippen molar-refractivity contribution in [2.45, 2.75) is 122 Å². The molecule has 5 atom stereocenters. The molecule has 3 rings (SSSR count). The molecule has 2 N–H and O–H groups in total. The molecule has 1 saturated heterocycles. The first kappa shape index (κ1) is 26.9. The van der Waals surface area contributed by atoms with Crippen LogP contribution in [0.3, 0.4) is 0 Å². The van der Waals surface area contributed by atoms with Gasteiger partial charge in [0.25, 0.3) is 0 Å². The second kappa shape index (κ2) is 10.5. The minimum absolute atomic E-state index is 0.0551. The summed E-state index contributed by atoms with van der Waals surface area (Å²) in [5.74, 6) is 0.787. The lowest BCUT2D eigenvalue weighted by atomic mass is 9.82. The molecule has 4 nitrogen and oxygen atoms in total. The van der Waals surface area contributed by atoms with E-state index in [1.165, 1.54) is 16.7 Å². The first-order chi connectivity index (χ1) is 15.4. The van der Waals surface area contributed by atoms with E-state index >= 15 is 0 Å². The molecule has 188 valence electrons. The molecular formula is C28H49NO3Si. The van der Waals surface area contributed by atoms with E-state index in [2.05, 4.69) is 77.7 Å². The summed E-state index contributed by atoms with van der Waals surface area (Å²) in [7, 11) is -1.74. The molecule has 1 heterocycles. The van der Waals surface area contributed by atoms with E-state index in [0.29, 0.717) is 23.9 Å². The third kappa shape index (κ3) is 5.75. The average Bonchev–Trinajstić information content (AvgIpc) is 3.05. The zero-order chi connectivity index (χ0) is 24.6. The van der Waals surface area contributed by atoms with Gasteiger partial charge in [-0.3, -0.25) is 4.90 Å². The number of fused-ring (bicyclic) bond motifs is 1. The largest absolute Gasteiger partial charge is 0.417 e. The summed E-state index contributed by atoms with van der Waals surface area (Å²) in [5.41, 5.74) is 4.07. The third-order valence-electron chi connectivity index (χ3n) is 8.68. The monoisotopic (exact) mass is 475 g/mol. The van der Waals surface area contributed by atoms with Crippen LogP contribution in [0.2, 0.25) is 18.1 Å². The van der Waals surface area contributed by atoms with Gasteiger partial charge in [-0.1, -0.05) is 52.8 Å². The molecule has 0 spiro atoms. The molecule has 1 aliphatic carbocycles. The van der Waals surface area contributed by atoms with E-state index < -0.39 is 8.32 Å². The highest BCUT2D eigenvalue weighted by Crippen LogP contribution is 2.46. The van der Waals surface area contributed by atoms with E-state index in [1.807, 2.05) is 0 Å². The van der Waals surface area contributed by atoms with Gasteiger partial charge in [0, 0.05) is 31.7 Å². The van der Waals surface area contributed by atoms with Gasteiger partial charge in [-0.2, -0.15) is 0 Å². The van der Waals surface area contributed by atoms with Crippen LogP contribution >= 0.6 is 0 Å². The van der Waals surface area contributed by atoms with Crippen LogP contribution in [-0.4, -0.2) is 54.8 Å². The number of hydrogen-bond donors (Lipinski definition) is 2. The highest BCUT2D eigenvalue weighted by molar-refractivity contribution is 6.74. The van der Waals surface area contributed by atoms with Crippen molar-refractivity contribution in [1.29, 1.82) is 0 Å².